The third-order valence-corrected chi connectivity index (χ3v) is 3.65. The monoisotopic (exact) mass is 249 g/mol. The Morgan fingerprint density at radius 3 is 2.61 bits per heavy atom. The summed E-state index contributed by atoms with van der Waals surface area (Å²) in [4.78, 5) is 10.7. The predicted octanol–water partition coefficient (Wildman–Crippen LogP) is 1.62. The van der Waals surface area contributed by atoms with Crippen LogP contribution in [0.1, 0.15) is 36.0 Å². The molecule has 1 aromatic rings. The molecule has 1 atom stereocenters. The van der Waals surface area contributed by atoms with E-state index in [4.69, 9.17) is 10.8 Å². The summed E-state index contributed by atoms with van der Waals surface area (Å²) in [7, 11) is 0. The second-order valence-electron chi connectivity index (χ2n) is 4.89. The average molecular weight is 249 g/mol. The van der Waals surface area contributed by atoms with Gasteiger partial charge in [-0.1, -0.05) is 6.07 Å². The minimum Gasteiger partial charge on any atom is -0.508 e. The van der Waals surface area contributed by atoms with Crippen LogP contribution in [-0.2, 0) is 24.1 Å². The third-order valence-electron chi connectivity index (χ3n) is 3.65. The molecule has 0 amide bonds. The highest BCUT2D eigenvalue weighted by Crippen LogP contribution is 2.32. The number of hydrogen-bond acceptors (Lipinski definition) is 3. The molecule has 18 heavy (non-hydrogen) atoms. The molecule has 1 aliphatic rings. The molecule has 1 aliphatic carbocycles. The predicted molar refractivity (Wildman–Crippen MR) is 68.7 cm³/mol. The molecule has 0 aromatic heterocycles. The molecule has 0 spiro atoms. The number of carbonyl (C=O) groups is 1. The van der Waals surface area contributed by atoms with E-state index in [-0.39, 0.29) is 0 Å². The number of carboxylic acid groups (broad SMARTS) is 1. The van der Waals surface area contributed by atoms with Crippen molar-refractivity contribution in [2.45, 2.75) is 44.6 Å². The summed E-state index contributed by atoms with van der Waals surface area (Å²) < 4.78 is 0. The lowest BCUT2D eigenvalue weighted by Gasteiger charge is -2.21. The van der Waals surface area contributed by atoms with E-state index in [1.165, 1.54) is 5.56 Å². The van der Waals surface area contributed by atoms with Gasteiger partial charge >= 0.3 is 5.97 Å². The molecule has 4 N–H and O–H groups in total. The third kappa shape index (κ3) is 2.64. The quantitative estimate of drug-likeness (QED) is 0.757. The van der Waals surface area contributed by atoms with Crippen LogP contribution in [0.4, 0.5) is 0 Å². The van der Waals surface area contributed by atoms with Gasteiger partial charge in [0.05, 0.1) is 0 Å². The number of carboxylic acids is 1. The number of nitrogens with two attached hydrogens (primary N) is 1. The average Bonchev–Trinajstić information content (AvgIpc) is 2.38. The Morgan fingerprint density at radius 2 is 1.94 bits per heavy atom. The fourth-order valence-corrected chi connectivity index (χ4v) is 2.59. The first-order chi connectivity index (χ1) is 8.59. The molecular weight excluding hydrogens is 230 g/mol. The number of hydrogen-bond donors (Lipinski definition) is 3. The molecule has 0 bridgehead atoms. The summed E-state index contributed by atoms with van der Waals surface area (Å²) in [5.41, 5.74) is 8.91. The minimum atomic E-state index is -0.956. The Balaban J connectivity index is 2.16. The zero-order valence-corrected chi connectivity index (χ0v) is 10.4. The number of benzene rings is 1. The molecule has 0 radical (unpaired) electrons. The van der Waals surface area contributed by atoms with Crippen LogP contribution in [0.15, 0.2) is 12.1 Å². The highest BCUT2D eigenvalue weighted by Gasteiger charge is 2.18. The maximum atomic E-state index is 10.7. The second-order valence-corrected chi connectivity index (χ2v) is 4.89. The number of rotatable bonds is 4. The smallest absolute Gasteiger partial charge is 0.320 e. The molecular formula is C14H19NO3. The van der Waals surface area contributed by atoms with Crippen LogP contribution in [-0.4, -0.2) is 22.2 Å². The van der Waals surface area contributed by atoms with Gasteiger partial charge in [0.25, 0.3) is 0 Å². The van der Waals surface area contributed by atoms with Crippen molar-refractivity contribution in [2.75, 3.05) is 0 Å². The van der Waals surface area contributed by atoms with Crippen molar-refractivity contribution < 1.29 is 15.0 Å². The van der Waals surface area contributed by atoms with Crippen molar-refractivity contribution in [3.8, 4) is 5.75 Å². The van der Waals surface area contributed by atoms with Crippen molar-refractivity contribution in [3.63, 3.8) is 0 Å². The van der Waals surface area contributed by atoms with Crippen molar-refractivity contribution >= 4 is 5.97 Å². The molecule has 4 heteroatoms. The minimum absolute atomic E-state index is 0.371. The number of fused-ring (bicyclic) bond motifs is 1. The van der Waals surface area contributed by atoms with E-state index >= 15 is 0 Å². The zero-order valence-electron chi connectivity index (χ0n) is 10.4. The van der Waals surface area contributed by atoms with Gasteiger partial charge in [-0.25, -0.2) is 0 Å². The van der Waals surface area contributed by atoms with E-state index in [0.29, 0.717) is 18.6 Å². The van der Waals surface area contributed by atoms with Gasteiger partial charge in [-0.2, -0.15) is 0 Å². The summed E-state index contributed by atoms with van der Waals surface area (Å²) in [6, 6.07) is 2.80. The van der Waals surface area contributed by atoms with Crippen LogP contribution in [0, 0.1) is 0 Å². The SMILES string of the molecule is NC(CCc1ccc(O)c2c1CCCC2)C(=O)O. The Hall–Kier alpha value is -1.55. The van der Waals surface area contributed by atoms with Crippen molar-refractivity contribution in [2.24, 2.45) is 5.73 Å². The van der Waals surface area contributed by atoms with Gasteiger partial charge in [0.2, 0.25) is 0 Å². The first kappa shape index (κ1) is 12.9. The van der Waals surface area contributed by atoms with Gasteiger partial charge in [0.15, 0.2) is 0 Å². The normalized spacial score (nSPS) is 16.1. The van der Waals surface area contributed by atoms with Gasteiger partial charge < -0.3 is 15.9 Å². The van der Waals surface area contributed by atoms with Crippen LogP contribution in [0.5, 0.6) is 5.75 Å². The highest BCUT2D eigenvalue weighted by molar-refractivity contribution is 5.73. The molecule has 0 heterocycles. The number of phenolic OH excluding ortho intramolecular Hbond substituents is 1. The molecule has 0 saturated heterocycles. The molecule has 0 saturated carbocycles. The van der Waals surface area contributed by atoms with Crippen LogP contribution in [0.2, 0.25) is 0 Å². The van der Waals surface area contributed by atoms with Crippen LogP contribution >= 0.6 is 0 Å². The van der Waals surface area contributed by atoms with E-state index in [1.807, 2.05) is 6.07 Å². The Kier molecular flexibility index (Phi) is 3.87. The van der Waals surface area contributed by atoms with Gasteiger partial charge in [0, 0.05) is 0 Å². The van der Waals surface area contributed by atoms with Gasteiger partial charge in [0.1, 0.15) is 11.8 Å². The fourth-order valence-electron chi connectivity index (χ4n) is 2.59. The first-order valence-corrected chi connectivity index (χ1v) is 6.40. The summed E-state index contributed by atoms with van der Waals surface area (Å²) in [5, 5.41) is 18.6. The van der Waals surface area contributed by atoms with E-state index < -0.39 is 12.0 Å². The van der Waals surface area contributed by atoms with E-state index in [1.54, 1.807) is 6.07 Å². The molecule has 98 valence electrons. The van der Waals surface area contributed by atoms with Gasteiger partial charge in [-0.15, -0.1) is 0 Å². The summed E-state index contributed by atoms with van der Waals surface area (Å²) in [6.45, 7) is 0. The molecule has 2 rings (SSSR count). The van der Waals surface area contributed by atoms with Gasteiger partial charge in [-0.05, 0) is 61.3 Å². The fraction of sp³-hybridized carbons (Fsp3) is 0.500. The summed E-state index contributed by atoms with van der Waals surface area (Å²) >= 11 is 0. The maximum absolute atomic E-state index is 10.7. The van der Waals surface area contributed by atoms with E-state index in [2.05, 4.69) is 0 Å². The summed E-state index contributed by atoms with van der Waals surface area (Å²) in [5.74, 6) is -0.585. The highest BCUT2D eigenvalue weighted by atomic mass is 16.4. The molecule has 1 unspecified atom stereocenters. The molecule has 0 aliphatic heterocycles. The first-order valence-electron chi connectivity index (χ1n) is 6.40. The maximum Gasteiger partial charge on any atom is 0.320 e. The van der Waals surface area contributed by atoms with Crippen LogP contribution in [0.25, 0.3) is 0 Å². The van der Waals surface area contributed by atoms with Gasteiger partial charge in [-0.3, -0.25) is 4.79 Å². The topological polar surface area (TPSA) is 83.5 Å². The number of phenols is 1. The van der Waals surface area contributed by atoms with Crippen LogP contribution in [0.3, 0.4) is 0 Å². The standard InChI is InChI=1S/C14H19NO3/c15-12(14(17)18)7-5-9-6-8-13(16)11-4-2-1-3-10(9)11/h6,8,12,16H,1-5,7,15H2,(H,17,18). The lowest BCUT2D eigenvalue weighted by Crippen LogP contribution is -2.30. The second kappa shape index (κ2) is 5.40. The Morgan fingerprint density at radius 1 is 1.28 bits per heavy atom. The largest absolute Gasteiger partial charge is 0.508 e. The molecule has 4 nitrogen and oxygen atoms in total. The number of aliphatic carboxylic acids is 1. The lowest BCUT2D eigenvalue weighted by molar-refractivity contribution is -0.138. The zero-order chi connectivity index (χ0) is 13.1. The lowest BCUT2D eigenvalue weighted by atomic mass is 9.86. The molecule has 0 fully saturated rings. The summed E-state index contributed by atoms with van der Waals surface area (Å²) in [6.07, 6.45) is 5.23. The number of aryl methyl sites for hydroxylation is 1. The van der Waals surface area contributed by atoms with Crippen LogP contribution < -0.4 is 5.73 Å². The van der Waals surface area contributed by atoms with Crippen molar-refractivity contribution in [3.05, 3.63) is 28.8 Å². The van der Waals surface area contributed by atoms with E-state index in [0.717, 1.165) is 36.8 Å². The van der Waals surface area contributed by atoms with Crippen molar-refractivity contribution in [1.82, 2.24) is 0 Å². The number of aromatic hydroxyl groups is 1. The Labute approximate surface area is 106 Å². The van der Waals surface area contributed by atoms with E-state index in [9.17, 15) is 9.90 Å². The molecule has 1 aromatic carbocycles. The van der Waals surface area contributed by atoms with Crippen molar-refractivity contribution in [1.29, 1.82) is 0 Å². The Bertz CT molecular complexity index is 457.